The molecule has 18 heterocycles. The van der Waals surface area contributed by atoms with Gasteiger partial charge in [-0.05, 0) is 27.2 Å². The van der Waals surface area contributed by atoms with Crippen molar-refractivity contribution in [3.63, 3.8) is 0 Å². The van der Waals surface area contributed by atoms with Gasteiger partial charge in [0, 0.05) is 87.3 Å². The maximum absolute atomic E-state index is 15.1. The van der Waals surface area contributed by atoms with Crippen LogP contribution in [0.1, 0.15) is 119 Å². The zero-order valence-electron chi connectivity index (χ0n) is 76.8. The number of aromatic nitrogens is 22. The first-order valence-corrected chi connectivity index (χ1v) is 62.0. The predicted octanol–water partition coefficient (Wildman–Crippen LogP) is -3.13. The van der Waals surface area contributed by atoms with E-state index in [-0.39, 0.29) is 99.4 Å². The highest BCUT2D eigenvalue weighted by Crippen LogP contribution is 2.57. The molecule has 7 unspecified atom stereocenters. The third kappa shape index (κ3) is 24.8. The van der Waals surface area contributed by atoms with Gasteiger partial charge in [0.1, 0.15) is 144 Å². The molecule has 28 atom stereocenters. The summed E-state index contributed by atoms with van der Waals surface area (Å²) in [6.45, 7) is -33.0. The van der Waals surface area contributed by atoms with Crippen LogP contribution >= 0.6 is 47.1 Å². The number of H-pyrrole nitrogens is 5. The van der Waals surface area contributed by atoms with E-state index in [1.807, 2.05) is 0 Å². The first-order valence-electron chi connectivity index (χ1n) is 44.1. The van der Waals surface area contributed by atoms with E-state index < -0.39 is 280 Å². The average molecular weight is 2330 g/mol. The second kappa shape index (κ2) is 44.0. The van der Waals surface area contributed by atoms with Crippen molar-refractivity contribution in [1.29, 1.82) is 0 Å². The van der Waals surface area contributed by atoms with Crippen molar-refractivity contribution in [2.24, 2.45) is 0 Å². The Balaban J connectivity index is 0.561. The van der Waals surface area contributed by atoms with Crippen molar-refractivity contribution in [3.8, 4) is 0 Å². The van der Waals surface area contributed by atoms with Crippen LogP contribution in [0.25, 0.3) is 44.7 Å². The lowest BCUT2D eigenvalue weighted by molar-refractivity contribution is -0.221. The molecule has 7 saturated heterocycles. The molecule has 76 heteroatoms. The first-order chi connectivity index (χ1) is 69.9. The molecular formula is C72H86N26O36P7S7-7. The Morgan fingerprint density at radius 2 is 0.601 bits per heavy atom. The molecule has 11 aromatic rings. The van der Waals surface area contributed by atoms with Crippen LogP contribution in [0, 0.1) is 20.8 Å². The fraction of sp³-hybridized carbons (Fsp3) is 0.556. The van der Waals surface area contributed by atoms with Crippen LogP contribution in [0.2, 0.25) is 0 Å². The second-order valence-electron chi connectivity index (χ2n) is 34.2. The molecule has 0 aromatic carbocycles. The molecule has 7 fully saturated rings. The minimum absolute atomic E-state index is 0.0166. The fourth-order valence-corrected chi connectivity index (χ4v) is 27.1. The van der Waals surface area contributed by atoms with Crippen molar-refractivity contribution >= 4 is 198 Å². The van der Waals surface area contributed by atoms with Crippen molar-refractivity contribution < 1.29 is 130 Å². The van der Waals surface area contributed by atoms with Gasteiger partial charge in [-0.2, -0.15) is 9.97 Å². The highest BCUT2D eigenvalue weighted by Gasteiger charge is 2.50. The van der Waals surface area contributed by atoms with Gasteiger partial charge in [-0.3, -0.25) is 85.4 Å². The largest absolute Gasteiger partial charge is 0.780 e. The molecule has 7 aliphatic rings. The monoisotopic (exact) mass is 2330 g/mol. The summed E-state index contributed by atoms with van der Waals surface area (Å²) in [7, 11) is 1.03. The summed E-state index contributed by atoms with van der Waals surface area (Å²) in [5.41, 5.74) is 17.8. The van der Waals surface area contributed by atoms with Gasteiger partial charge in [0.25, 0.3) is 27.8 Å². The van der Waals surface area contributed by atoms with E-state index >= 15 is 9.79 Å². The number of hydrogen-bond donors (Lipinski definition) is 9. The number of fused-ring (bicyclic) bond motifs is 4. The Bertz CT molecular complexity index is 7810. The molecule has 0 saturated carbocycles. The maximum atomic E-state index is 15.1. The van der Waals surface area contributed by atoms with Gasteiger partial charge in [0.2, 0.25) is 11.9 Å². The van der Waals surface area contributed by atoms with Gasteiger partial charge in [0.15, 0.2) is 52.1 Å². The molecule has 18 rings (SSSR count). The SMILES string of the molecule is CC[C@H]1O[C@@H](n2cnc3c(N)ncnc32)C[C@H]1OP([O-])(=S)OC[C@H]1O[C@@H](n2cc(C)c(=O)[nH]c2=O)C[C@H]1OP(=O)([S-])OC[C@H]1O[C@@H](n2cc(C)c(=O)[nH]c2=O)C[C@H]1OP([O-])(=S)OC[C@H]1O[C@@H](n2cnc3c(N)ncnc32)C[C@H]1OP([O-])(=S)OC[C@H]1O[C@@H](n2cnc3c(=O)[nH]c(N)nc32)C[C@H]1OP([O-])(=S)OC[C@H]1O[C@@H](n2cc(C)c(=O)[nH]c2=O)C[C@H]1OP([O-])(=S)OC[C@H]1O[C@@H](n2cnc3c(=O)[nH]c(N)nc32)C[C@H]1OP([O-])(=S)OC. The van der Waals surface area contributed by atoms with Gasteiger partial charge < -0.3 is 161 Å². The fourth-order valence-electron chi connectivity index (χ4n) is 17.4. The second-order valence-corrected chi connectivity index (χ2v) is 53.3. The number of ether oxygens (including phenoxy) is 7. The van der Waals surface area contributed by atoms with Crippen LogP contribution in [0.5, 0.6) is 0 Å². The van der Waals surface area contributed by atoms with Crippen LogP contribution in [0.4, 0.5) is 23.5 Å². The van der Waals surface area contributed by atoms with Crippen LogP contribution in [-0.2, 0) is 184 Å². The Hall–Kier alpha value is -7.56. The van der Waals surface area contributed by atoms with Crippen molar-refractivity contribution in [3.05, 3.63) is 156 Å². The summed E-state index contributed by atoms with van der Waals surface area (Å²) >= 11 is 38.1. The van der Waals surface area contributed by atoms with Gasteiger partial charge in [-0.25, -0.2) is 54.3 Å². The Labute approximate surface area is 864 Å². The predicted molar refractivity (Wildman–Crippen MR) is 520 cm³/mol. The Morgan fingerprint density at radius 3 is 0.892 bits per heavy atom. The topological polar surface area (TPSA) is 832 Å². The summed E-state index contributed by atoms with van der Waals surface area (Å²) in [5, 5.41) is 0. The number of nitrogen functional groups attached to an aromatic ring is 4. The van der Waals surface area contributed by atoms with Gasteiger partial charge in [-0.1, -0.05) is 77.8 Å². The van der Waals surface area contributed by atoms with Crippen molar-refractivity contribution in [2.75, 3.05) is 69.7 Å². The number of aryl methyl sites for hydroxylation is 3. The molecule has 0 spiro atoms. The van der Waals surface area contributed by atoms with E-state index in [4.69, 9.17) is 203 Å². The summed E-state index contributed by atoms with van der Waals surface area (Å²) in [4.78, 5) is 244. The molecule has 62 nitrogen and oxygen atoms in total. The summed E-state index contributed by atoms with van der Waals surface area (Å²) in [5.74, 6) is -0.577. The van der Waals surface area contributed by atoms with E-state index in [1.54, 1.807) is 11.5 Å². The zero-order valence-corrected chi connectivity index (χ0v) is 88.8. The summed E-state index contributed by atoms with van der Waals surface area (Å²) < 4.78 is 149. The van der Waals surface area contributed by atoms with Crippen LogP contribution in [-0.4, -0.2) is 239 Å². The maximum Gasteiger partial charge on any atom is 0.330 e. The molecule has 0 radical (unpaired) electrons. The molecule has 804 valence electrons. The molecule has 0 amide bonds. The van der Waals surface area contributed by atoms with E-state index in [1.165, 1.54) is 66.0 Å². The number of imidazole rings is 4. The van der Waals surface area contributed by atoms with Gasteiger partial charge in [0.05, 0.1) is 114 Å². The number of nitrogens with zero attached hydrogens (tertiary/aromatic N) is 17. The molecule has 13 N–H and O–H groups in total. The first kappa shape index (κ1) is 110. The summed E-state index contributed by atoms with van der Waals surface area (Å²) in [6.07, 6.45) is -19.4. The molecule has 148 heavy (non-hydrogen) atoms. The zero-order chi connectivity index (χ0) is 106. The van der Waals surface area contributed by atoms with Gasteiger partial charge >= 0.3 is 17.1 Å². The molecular weight excluding hydrogens is 2250 g/mol. The van der Waals surface area contributed by atoms with Crippen molar-refractivity contribution in [1.82, 2.24) is 107 Å². The third-order valence-corrected chi connectivity index (χ3v) is 35.5. The number of rotatable bonds is 41. The third-order valence-electron chi connectivity index (χ3n) is 24.4. The van der Waals surface area contributed by atoms with E-state index in [9.17, 15) is 62.5 Å². The lowest BCUT2D eigenvalue weighted by atomic mass is 10.1. The highest BCUT2D eigenvalue weighted by atomic mass is 32.7. The van der Waals surface area contributed by atoms with Crippen molar-refractivity contribution in [2.45, 2.75) is 208 Å². The van der Waals surface area contributed by atoms with E-state index in [0.29, 0.717) is 17.6 Å². The molecule has 7 aliphatic heterocycles. The standard InChI is InChI=1S/C72H93N26O36P7S7/c1-6-32-33(7-49(121-32)95-25-81-53-57(73)77-23-79-59(53)95)129-136(108,143)115-18-41-35(8-46(122-41)92-14-29(2)63(99)89-70(92)104)131-138(110,145)117-19-42-37(10-48(123-42)94-16-31(4)65(101)91-72(94)106)132-139(111,146)119-21-44-38(12-50(125-44)96-26-82-54-58(74)78-24-80-60(54)96)133-141(113,148)120-22-45-39(13-52(127-45)98-28-84-56-62(98)86-69(76)88-67(56)103)134-140(112,147)118-20-43-36(9-47(124-43)93-15-30(3)64(100)90-71(93)105)130-137(109,144)116-17-40-34(128-135(107,142)114-5)11-51(126-40)97-27-83-55-61(97)85-68(75)87-66(55)102/h14-16,23-28,32-52H,6-13,17-22H2,1-5H3,(H,107,142)(H,108,143)(H,109,144)(H,110,145)(H,111,146)(H,112,147)(H,113,148)(H2,73,77,79)(H2,74,78,80)(H,89,99,104)(H,90,100,105)(H,91,101,106)(H3,75,85,87,102)(H3,76,86,88,103)/p-7/t32-,33-,34-,35-,36-,37-,38-,39-,40-,41-,42-,43-,44-,45-,46-,47-,48-,49-,50-,51-,52-,135?,136?,137?,138?,139?,140?,141?/m1/s1. The number of anilines is 4. The van der Waals surface area contributed by atoms with Crippen LogP contribution in [0.15, 0.2) is 94.9 Å². The number of nitrogens with one attached hydrogen (secondary N) is 5. The summed E-state index contributed by atoms with van der Waals surface area (Å²) in [6, 6.07) is 0. The quantitative estimate of drug-likeness (QED) is 0.0135. The van der Waals surface area contributed by atoms with E-state index in [2.05, 4.69) is 74.8 Å². The number of nitrogens with two attached hydrogens (primary N) is 4. The van der Waals surface area contributed by atoms with Gasteiger partial charge in [-0.15, -0.1) is 0 Å². The Morgan fingerprint density at radius 1 is 0.351 bits per heavy atom. The smallest absolute Gasteiger partial charge is 0.330 e. The minimum Gasteiger partial charge on any atom is -0.780 e. The lowest BCUT2D eigenvalue weighted by Crippen LogP contribution is -2.34. The van der Waals surface area contributed by atoms with Crippen LogP contribution in [0.3, 0.4) is 0 Å². The molecule has 11 aromatic heterocycles. The van der Waals surface area contributed by atoms with Crippen LogP contribution < -0.4 is 97.2 Å². The number of hydrogen-bond acceptors (Lipinski definition) is 57. The Kier molecular flexibility index (Phi) is 32.8. The molecule has 0 aliphatic carbocycles. The lowest BCUT2D eigenvalue weighted by Gasteiger charge is -2.36. The average Bonchev–Trinajstić information content (AvgIpc) is 1.65. The number of aromatic amines is 5. The minimum atomic E-state index is -5.04. The molecule has 0 bridgehead atoms. The normalized spacial score (nSPS) is 29.3. The van der Waals surface area contributed by atoms with E-state index in [0.717, 1.165) is 45.9 Å². The highest BCUT2D eigenvalue weighted by molar-refractivity contribution is 8.32.